The van der Waals surface area contributed by atoms with Crippen LogP contribution in [-0.4, -0.2) is 34.1 Å². The van der Waals surface area contributed by atoms with Crippen molar-refractivity contribution in [2.45, 2.75) is 39.7 Å². The van der Waals surface area contributed by atoms with E-state index in [9.17, 15) is 0 Å². The molecule has 1 aromatic rings. The fraction of sp³-hybridized carbons (Fsp3) is 0.750. The van der Waals surface area contributed by atoms with Gasteiger partial charge in [-0.2, -0.15) is 15.0 Å². The Balaban J connectivity index is 2.21. The molecule has 0 unspecified atom stereocenters. The highest BCUT2D eigenvalue weighted by atomic mass is 16.5. The van der Waals surface area contributed by atoms with Gasteiger partial charge in [0, 0.05) is 12.6 Å². The summed E-state index contributed by atoms with van der Waals surface area (Å²) in [6, 6.07) is 0.642. The fourth-order valence-corrected chi connectivity index (χ4v) is 1.79. The Labute approximate surface area is 108 Å². The number of hydrogen-bond acceptors (Lipinski definition) is 6. The number of rotatable bonds is 6. The van der Waals surface area contributed by atoms with Gasteiger partial charge in [-0.05, 0) is 39.5 Å². The van der Waals surface area contributed by atoms with Gasteiger partial charge in [0.15, 0.2) is 0 Å². The molecule has 0 radical (unpaired) electrons. The summed E-state index contributed by atoms with van der Waals surface area (Å²) in [6.07, 6.45) is 2.59. The first kappa shape index (κ1) is 12.9. The normalized spacial score (nSPS) is 14.9. The quantitative estimate of drug-likeness (QED) is 0.825. The van der Waals surface area contributed by atoms with Crippen molar-refractivity contribution in [3.05, 3.63) is 0 Å². The Hall–Kier alpha value is -1.59. The van der Waals surface area contributed by atoms with Gasteiger partial charge >= 0.3 is 6.01 Å². The molecule has 1 aliphatic rings. The van der Waals surface area contributed by atoms with Crippen LogP contribution in [0.1, 0.15) is 33.6 Å². The van der Waals surface area contributed by atoms with Crippen LogP contribution in [0.15, 0.2) is 0 Å². The van der Waals surface area contributed by atoms with E-state index in [4.69, 9.17) is 10.5 Å². The predicted molar refractivity (Wildman–Crippen MR) is 70.6 cm³/mol. The van der Waals surface area contributed by atoms with Crippen LogP contribution in [0.25, 0.3) is 0 Å². The molecule has 1 aliphatic carbocycles. The Morgan fingerprint density at radius 1 is 1.33 bits per heavy atom. The zero-order valence-corrected chi connectivity index (χ0v) is 11.3. The molecule has 100 valence electrons. The van der Waals surface area contributed by atoms with Crippen LogP contribution in [0.5, 0.6) is 6.01 Å². The Morgan fingerprint density at radius 2 is 2.06 bits per heavy atom. The second-order valence-corrected chi connectivity index (χ2v) is 4.90. The molecule has 1 aromatic heterocycles. The minimum absolute atomic E-state index is 0.213. The Bertz CT molecular complexity index is 405. The fourth-order valence-electron chi connectivity index (χ4n) is 1.79. The summed E-state index contributed by atoms with van der Waals surface area (Å²) in [4.78, 5) is 14.7. The van der Waals surface area contributed by atoms with Gasteiger partial charge in [0.05, 0.1) is 6.61 Å². The molecule has 18 heavy (non-hydrogen) atoms. The molecule has 2 N–H and O–H groups in total. The van der Waals surface area contributed by atoms with E-state index in [0.717, 1.165) is 12.5 Å². The monoisotopic (exact) mass is 251 g/mol. The Morgan fingerprint density at radius 3 is 2.61 bits per heavy atom. The molecule has 1 saturated carbocycles. The largest absolute Gasteiger partial charge is 0.464 e. The van der Waals surface area contributed by atoms with E-state index in [1.54, 1.807) is 0 Å². The zero-order valence-electron chi connectivity index (χ0n) is 11.3. The topological polar surface area (TPSA) is 77.2 Å². The maximum Gasteiger partial charge on any atom is 0.323 e. The van der Waals surface area contributed by atoms with Gasteiger partial charge in [0.2, 0.25) is 11.9 Å². The summed E-state index contributed by atoms with van der Waals surface area (Å²) in [5.74, 6) is 1.60. The first-order chi connectivity index (χ1) is 8.60. The summed E-state index contributed by atoms with van der Waals surface area (Å²) in [5.41, 5.74) is 5.71. The summed E-state index contributed by atoms with van der Waals surface area (Å²) in [7, 11) is 0. The van der Waals surface area contributed by atoms with E-state index < -0.39 is 0 Å². The van der Waals surface area contributed by atoms with Crippen molar-refractivity contribution in [3.8, 4) is 6.01 Å². The first-order valence-corrected chi connectivity index (χ1v) is 6.51. The van der Waals surface area contributed by atoms with Crippen molar-refractivity contribution in [1.82, 2.24) is 15.0 Å². The molecule has 1 fully saturated rings. The predicted octanol–water partition coefficient (Wildman–Crippen LogP) is 1.48. The molecular formula is C12H21N5O. The van der Waals surface area contributed by atoms with Gasteiger partial charge in [-0.3, -0.25) is 0 Å². The summed E-state index contributed by atoms with van der Waals surface area (Å²) in [5, 5.41) is 0. The maximum absolute atomic E-state index is 5.71. The van der Waals surface area contributed by atoms with E-state index >= 15 is 0 Å². The van der Waals surface area contributed by atoms with Gasteiger partial charge in [0.1, 0.15) is 0 Å². The third kappa shape index (κ3) is 3.21. The summed E-state index contributed by atoms with van der Waals surface area (Å²) < 4.78 is 5.31. The van der Waals surface area contributed by atoms with E-state index in [0.29, 0.717) is 24.6 Å². The number of hydrogen-bond donors (Lipinski definition) is 1. The minimum Gasteiger partial charge on any atom is -0.464 e. The molecule has 0 bridgehead atoms. The van der Waals surface area contributed by atoms with Crippen molar-refractivity contribution in [2.24, 2.45) is 5.92 Å². The van der Waals surface area contributed by atoms with Gasteiger partial charge in [-0.1, -0.05) is 0 Å². The second kappa shape index (κ2) is 5.37. The van der Waals surface area contributed by atoms with Crippen LogP contribution in [0.3, 0.4) is 0 Å². The molecule has 0 atom stereocenters. The molecule has 2 rings (SSSR count). The SMILES string of the molecule is CCOc1nc(N)nc(N(CC2CC2)C(C)C)n1. The van der Waals surface area contributed by atoms with Crippen molar-refractivity contribution in [1.29, 1.82) is 0 Å². The van der Waals surface area contributed by atoms with E-state index in [-0.39, 0.29) is 5.95 Å². The van der Waals surface area contributed by atoms with Crippen molar-refractivity contribution in [3.63, 3.8) is 0 Å². The zero-order chi connectivity index (χ0) is 13.1. The van der Waals surface area contributed by atoms with E-state index in [1.807, 2.05) is 6.92 Å². The molecular weight excluding hydrogens is 230 g/mol. The lowest BCUT2D eigenvalue weighted by Crippen LogP contribution is -2.34. The van der Waals surface area contributed by atoms with Crippen molar-refractivity contribution >= 4 is 11.9 Å². The number of aromatic nitrogens is 3. The highest BCUT2D eigenvalue weighted by molar-refractivity contribution is 5.37. The average molecular weight is 251 g/mol. The number of nitrogens with zero attached hydrogens (tertiary/aromatic N) is 4. The lowest BCUT2D eigenvalue weighted by atomic mass is 10.3. The molecule has 0 aromatic carbocycles. The first-order valence-electron chi connectivity index (χ1n) is 6.51. The number of nitrogens with two attached hydrogens (primary N) is 1. The summed E-state index contributed by atoms with van der Waals surface area (Å²) >= 11 is 0. The lowest BCUT2D eigenvalue weighted by Gasteiger charge is -2.26. The van der Waals surface area contributed by atoms with Crippen molar-refractivity contribution < 1.29 is 4.74 Å². The smallest absolute Gasteiger partial charge is 0.323 e. The van der Waals surface area contributed by atoms with Crippen LogP contribution in [0.2, 0.25) is 0 Å². The van der Waals surface area contributed by atoms with Gasteiger partial charge in [-0.25, -0.2) is 0 Å². The van der Waals surface area contributed by atoms with Crippen LogP contribution in [-0.2, 0) is 0 Å². The third-order valence-corrected chi connectivity index (χ3v) is 2.93. The molecule has 0 spiro atoms. The maximum atomic E-state index is 5.71. The van der Waals surface area contributed by atoms with Crippen LogP contribution < -0.4 is 15.4 Å². The van der Waals surface area contributed by atoms with Crippen LogP contribution in [0, 0.1) is 5.92 Å². The molecule has 6 nitrogen and oxygen atoms in total. The highest BCUT2D eigenvalue weighted by Gasteiger charge is 2.27. The third-order valence-electron chi connectivity index (χ3n) is 2.93. The van der Waals surface area contributed by atoms with Gasteiger partial charge in [-0.15, -0.1) is 0 Å². The number of ether oxygens (including phenoxy) is 1. The van der Waals surface area contributed by atoms with Gasteiger partial charge < -0.3 is 15.4 Å². The highest BCUT2D eigenvalue weighted by Crippen LogP contribution is 2.31. The molecule has 0 aliphatic heterocycles. The number of nitrogen functional groups attached to an aromatic ring is 1. The van der Waals surface area contributed by atoms with Gasteiger partial charge in [0.25, 0.3) is 0 Å². The number of anilines is 2. The standard InChI is InChI=1S/C12H21N5O/c1-4-18-12-15-10(13)14-11(16-12)17(8(2)3)7-9-5-6-9/h8-9H,4-7H2,1-3H3,(H2,13,14,15,16). The van der Waals surface area contributed by atoms with E-state index in [2.05, 4.69) is 33.7 Å². The lowest BCUT2D eigenvalue weighted by molar-refractivity contribution is 0.312. The molecule has 0 amide bonds. The molecule has 0 saturated heterocycles. The second-order valence-electron chi connectivity index (χ2n) is 4.90. The summed E-state index contributed by atoms with van der Waals surface area (Å²) in [6.45, 7) is 7.65. The molecule has 1 heterocycles. The molecule has 6 heteroatoms. The minimum atomic E-state index is 0.213. The van der Waals surface area contributed by atoms with Crippen LogP contribution >= 0.6 is 0 Å². The van der Waals surface area contributed by atoms with Crippen LogP contribution in [0.4, 0.5) is 11.9 Å². The van der Waals surface area contributed by atoms with Crippen molar-refractivity contribution in [2.75, 3.05) is 23.8 Å². The Kier molecular flexibility index (Phi) is 3.84. The van der Waals surface area contributed by atoms with E-state index in [1.165, 1.54) is 12.8 Å². The average Bonchev–Trinajstić information content (AvgIpc) is 3.08.